The molecule has 2 aromatic rings. The van der Waals surface area contributed by atoms with E-state index in [1.807, 2.05) is 24.5 Å². The van der Waals surface area contributed by atoms with Crippen molar-refractivity contribution in [3.63, 3.8) is 0 Å². The predicted octanol–water partition coefficient (Wildman–Crippen LogP) is 2.96. The lowest BCUT2D eigenvalue weighted by Gasteiger charge is -2.03. The van der Waals surface area contributed by atoms with Crippen LogP contribution in [0.3, 0.4) is 0 Å². The highest BCUT2D eigenvalue weighted by Gasteiger charge is 2.12. The molecule has 1 aromatic carbocycles. The van der Waals surface area contributed by atoms with Crippen molar-refractivity contribution in [2.45, 2.75) is 31.3 Å². The van der Waals surface area contributed by atoms with Crippen molar-refractivity contribution in [1.82, 2.24) is 15.5 Å². The zero-order chi connectivity index (χ0) is 13.0. The normalized spacial score (nSPS) is 11.1. The van der Waals surface area contributed by atoms with Gasteiger partial charge in [0, 0.05) is 10.9 Å². The van der Waals surface area contributed by atoms with Crippen molar-refractivity contribution < 1.29 is 4.52 Å². The second-order valence-electron chi connectivity index (χ2n) is 4.25. The molecule has 0 aliphatic carbocycles. The molecule has 0 aliphatic heterocycles. The number of hydrogen-bond donors (Lipinski definition) is 1. The summed E-state index contributed by atoms with van der Waals surface area (Å²) in [5.74, 6) is 1.27. The summed E-state index contributed by atoms with van der Waals surface area (Å²) in [5, 5.41) is 7.25. The van der Waals surface area contributed by atoms with Crippen molar-refractivity contribution in [3.8, 4) is 11.5 Å². The minimum Gasteiger partial charge on any atom is -0.334 e. The Labute approximate surface area is 111 Å². The SMILES string of the molecule is CSc1ccccc1-c1nc(CNC(C)C)no1. The van der Waals surface area contributed by atoms with E-state index < -0.39 is 0 Å². The summed E-state index contributed by atoms with van der Waals surface area (Å²) < 4.78 is 5.31. The summed E-state index contributed by atoms with van der Waals surface area (Å²) in [7, 11) is 0. The lowest BCUT2D eigenvalue weighted by molar-refractivity contribution is 0.416. The van der Waals surface area contributed by atoms with E-state index >= 15 is 0 Å². The molecule has 96 valence electrons. The van der Waals surface area contributed by atoms with Crippen LogP contribution in [0.25, 0.3) is 11.5 Å². The Morgan fingerprint density at radius 2 is 2.11 bits per heavy atom. The van der Waals surface area contributed by atoms with E-state index in [2.05, 4.69) is 35.4 Å². The topological polar surface area (TPSA) is 51.0 Å². The van der Waals surface area contributed by atoms with Gasteiger partial charge in [0.15, 0.2) is 5.82 Å². The third kappa shape index (κ3) is 3.11. The van der Waals surface area contributed by atoms with Crippen LogP contribution >= 0.6 is 11.8 Å². The van der Waals surface area contributed by atoms with E-state index in [4.69, 9.17) is 4.52 Å². The maximum absolute atomic E-state index is 5.31. The van der Waals surface area contributed by atoms with Gasteiger partial charge in [-0.05, 0) is 18.4 Å². The van der Waals surface area contributed by atoms with Crippen LogP contribution < -0.4 is 5.32 Å². The Balaban J connectivity index is 2.18. The van der Waals surface area contributed by atoms with Crippen LogP contribution in [-0.4, -0.2) is 22.4 Å². The second kappa shape index (κ2) is 6.02. The van der Waals surface area contributed by atoms with E-state index in [1.165, 1.54) is 0 Å². The van der Waals surface area contributed by atoms with E-state index in [-0.39, 0.29) is 0 Å². The van der Waals surface area contributed by atoms with Gasteiger partial charge in [-0.1, -0.05) is 31.1 Å². The summed E-state index contributed by atoms with van der Waals surface area (Å²) in [4.78, 5) is 5.55. The van der Waals surface area contributed by atoms with Gasteiger partial charge in [0.05, 0.1) is 12.1 Å². The molecule has 0 saturated heterocycles. The molecule has 1 aromatic heterocycles. The lowest BCUT2D eigenvalue weighted by atomic mass is 10.2. The Hall–Kier alpha value is -1.33. The fourth-order valence-electron chi connectivity index (χ4n) is 1.55. The molecular weight excluding hydrogens is 246 g/mol. The number of rotatable bonds is 5. The quantitative estimate of drug-likeness (QED) is 0.840. The maximum Gasteiger partial charge on any atom is 0.259 e. The fraction of sp³-hybridized carbons (Fsp3) is 0.385. The molecule has 0 unspecified atom stereocenters. The summed E-state index contributed by atoms with van der Waals surface area (Å²) in [6, 6.07) is 8.44. The molecular formula is C13H17N3OS. The van der Waals surface area contributed by atoms with Crippen LogP contribution in [0.4, 0.5) is 0 Å². The third-order valence-corrected chi connectivity index (χ3v) is 3.27. The van der Waals surface area contributed by atoms with Gasteiger partial charge < -0.3 is 9.84 Å². The summed E-state index contributed by atoms with van der Waals surface area (Å²) in [6.45, 7) is 4.80. The average Bonchev–Trinajstić information content (AvgIpc) is 2.85. The Kier molecular flexibility index (Phi) is 4.38. The maximum atomic E-state index is 5.31. The van der Waals surface area contributed by atoms with Gasteiger partial charge in [-0.25, -0.2) is 0 Å². The highest BCUT2D eigenvalue weighted by atomic mass is 32.2. The second-order valence-corrected chi connectivity index (χ2v) is 5.10. The molecule has 0 spiro atoms. The molecule has 0 saturated carbocycles. The zero-order valence-electron chi connectivity index (χ0n) is 10.8. The number of aromatic nitrogens is 2. The van der Waals surface area contributed by atoms with Crippen molar-refractivity contribution >= 4 is 11.8 Å². The van der Waals surface area contributed by atoms with Crippen LogP contribution in [0, 0.1) is 0 Å². The first kappa shape index (κ1) is 13.1. The van der Waals surface area contributed by atoms with Crippen LogP contribution in [0.15, 0.2) is 33.7 Å². The minimum atomic E-state index is 0.408. The molecule has 4 nitrogen and oxygen atoms in total. The van der Waals surface area contributed by atoms with Gasteiger partial charge in [0.2, 0.25) is 0 Å². The number of hydrogen-bond acceptors (Lipinski definition) is 5. The van der Waals surface area contributed by atoms with E-state index in [1.54, 1.807) is 11.8 Å². The smallest absolute Gasteiger partial charge is 0.259 e. The number of nitrogens with zero attached hydrogens (tertiary/aromatic N) is 2. The van der Waals surface area contributed by atoms with Crippen molar-refractivity contribution in [2.24, 2.45) is 0 Å². The van der Waals surface area contributed by atoms with Gasteiger partial charge in [-0.15, -0.1) is 11.8 Å². The van der Waals surface area contributed by atoms with Gasteiger partial charge in [0.1, 0.15) is 0 Å². The van der Waals surface area contributed by atoms with Crippen LogP contribution in [0.5, 0.6) is 0 Å². The average molecular weight is 263 g/mol. The van der Waals surface area contributed by atoms with Crippen molar-refractivity contribution in [2.75, 3.05) is 6.26 Å². The highest BCUT2D eigenvalue weighted by molar-refractivity contribution is 7.98. The molecule has 18 heavy (non-hydrogen) atoms. The largest absolute Gasteiger partial charge is 0.334 e. The molecule has 1 heterocycles. The summed E-state index contributed by atoms with van der Waals surface area (Å²) in [5.41, 5.74) is 0.994. The molecule has 1 N–H and O–H groups in total. The first-order chi connectivity index (χ1) is 8.70. The number of nitrogens with one attached hydrogen (secondary N) is 1. The van der Waals surface area contributed by atoms with E-state index in [0.717, 1.165) is 10.5 Å². The Morgan fingerprint density at radius 3 is 2.83 bits per heavy atom. The molecule has 0 fully saturated rings. The lowest BCUT2D eigenvalue weighted by Crippen LogP contribution is -2.22. The molecule has 0 bridgehead atoms. The molecule has 0 radical (unpaired) electrons. The van der Waals surface area contributed by atoms with Crippen LogP contribution in [-0.2, 0) is 6.54 Å². The molecule has 2 rings (SSSR count). The van der Waals surface area contributed by atoms with Gasteiger partial charge in [-0.2, -0.15) is 4.98 Å². The molecule has 5 heteroatoms. The summed E-state index contributed by atoms with van der Waals surface area (Å²) in [6.07, 6.45) is 2.04. The van der Waals surface area contributed by atoms with Crippen LogP contribution in [0.2, 0.25) is 0 Å². The first-order valence-electron chi connectivity index (χ1n) is 5.90. The standard InChI is InChI=1S/C13H17N3OS/c1-9(2)14-8-12-15-13(17-16-12)10-6-4-5-7-11(10)18-3/h4-7,9,14H,8H2,1-3H3. The molecule has 0 aliphatic rings. The van der Waals surface area contributed by atoms with E-state index in [9.17, 15) is 0 Å². The van der Waals surface area contributed by atoms with E-state index in [0.29, 0.717) is 24.3 Å². The predicted molar refractivity (Wildman–Crippen MR) is 73.5 cm³/mol. The molecule has 0 amide bonds. The zero-order valence-corrected chi connectivity index (χ0v) is 11.6. The van der Waals surface area contributed by atoms with Gasteiger partial charge in [-0.3, -0.25) is 0 Å². The number of benzene rings is 1. The number of thioether (sulfide) groups is 1. The van der Waals surface area contributed by atoms with Crippen LogP contribution in [0.1, 0.15) is 19.7 Å². The molecule has 0 atom stereocenters. The first-order valence-corrected chi connectivity index (χ1v) is 7.12. The van der Waals surface area contributed by atoms with Crippen molar-refractivity contribution in [3.05, 3.63) is 30.1 Å². The highest BCUT2D eigenvalue weighted by Crippen LogP contribution is 2.28. The monoisotopic (exact) mass is 263 g/mol. The third-order valence-electron chi connectivity index (χ3n) is 2.47. The summed E-state index contributed by atoms with van der Waals surface area (Å²) >= 11 is 1.67. The van der Waals surface area contributed by atoms with Crippen molar-refractivity contribution in [1.29, 1.82) is 0 Å². The Bertz CT molecular complexity index is 510. The van der Waals surface area contributed by atoms with Gasteiger partial charge >= 0.3 is 0 Å². The minimum absolute atomic E-state index is 0.408. The fourth-order valence-corrected chi connectivity index (χ4v) is 2.14. The van der Waals surface area contributed by atoms with Gasteiger partial charge in [0.25, 0.3) is 5.89 Å². The Morgan fingerprint density at radius 1 is 1.33 bits per heavy atom.